The van der Waals surface area contributed by atoms with Gasteiger partial charge in [-0.25, -0.2) is 9.78 Å². The Hall–Kier alpha value is -1.82. The van der Waals surface area contributed by atoms with Gasteiger partial charge in [-0.15, -0.1) is 0 Å². The molecule has 0 saturated heterocycles. The Bertz CT molecular complexity index is 710. The first-order chi connectivity index (χ1) is 7.74. The monoisotopic (exact) mass is 279 g/mol. The highest BCUT2D eigenvalue weighted by Gasteiger charge is 2.08. The molecule has 0 bridgehead atoms. The minimum absolute atomic E-state index is 0.451. The molecule has 2 heterocycles. The fraction of sp³-hybridized carbons (Fsp3) is 0. The van der Waals surface area contributed by atoms with Gasteiger partial charge in [0.2, 0.25) is 0 Å². The normalized spacial score (nSPS) is 11.1. The molecule has 0 aliphatic heterocycles. The average molecular weight is 280 g/mol. The fourth-order valence-electron chi connectivity index (χ4n) is 1.58. The van der Waals surface area contributed by atoms with E-state index in [-0.39, 0.29) is 0 Å². The van der Waals surface area contributed by atoms with Gasteiger partial charge >= 0.3 is 5.76 Å². The summed E-state index contributed by atoms with van der Waals surface area (Å²) in [4.78, 5) is 20.7. The molecule has 3 rings (SSSR count). The number of rotatable bonds is 1. The number of imidazole rings is 1. The molecule has 0 radical (unpaired) electrons. The number of halogens is 1. The Morgan fingerprint density at radius 2 is 2.25 bits per heavy atom. The highest BCUT2D eigenvalue weighted by atomic mass is 79.9. The van der Waals surface area contributed by atoms with Crippen LogP contribution in [0.2, 0.25) is 0 Å². The van der Waals surface area contributed by atoms with Crippen LogP contribution in [0.4, 0.5) is 0 Å². The number of oxazole rings is 1. The van der Waals surface area contributed by atoms with Gasteiger partial charge in [0, 0.05) is 5.56 Å². The first-order valence-electron chi connectivity index (χ1n) is 4.56. The molecule has 3 aromatic rings. The molecule has 5 nitrogen and oxygen atoms in total. The maximum Gasteiger partial charge on any atom is 0.417 e. The second-order valence-electron chi connectivity index (χ2n) is 3.29. The lowest BCUT2D eigenvalue weighted by Crippen LogP contribution is -1.92. The van der Waals surface area contributed by atoms with Gasteiger partial charge in [0.15, 0.2) is 5.58 Å². The van der Waals surface area contributed by atoms with Gasteiger partial charge in [-0.1, -0.05) is 0 Å². The Morgan fingerprint density at radius 3 is 3.00 bits per heavy atom. The van der Waals surface area contributed by atoms with Crippen LogP contribution in [0.3, 0.4) is 0 Å². The summed E-state index contributed by atoms with van der Waals surface area (Å²) in [6, 6.07) is 5.41. The number of benzene rings is 1. The van der Waals surface area contributed by atoms with Crippen molar-refractivity contribution in [3.8, 4) is 11.3 Å². The van der Waals surface area contributed by atoms with Gasteiger partial charge in [0.05, 0.1) is 11.8 Å². The third-order valence-electron chi connectivity index (χ3n) is 2.29. The van der Waals surface area contributed by atoms with Gasteiger partial charge in [0.25, 0.3) is 0 Å². The number of aromatic nitrogens is 3. The molecule has 16 heavy (non-hydrogen) atoms. The van der Waals surface area contributed by atoms with Crippen LogP contribution >= 0.6 is 15.9 Å². The van der Waals surface area contributed by atoms with Crippen molar-refractivity contribution >= 4 is 27.0 Å². The lowest BCUT2D eigenvalue weighted by molar-refractivity contribution is 0.555. The summed E-state index contributed by atoms with van der Waals surface area (Å²) in [5.41, 5.74) is 2.90. The first-order valence-corrected chi connectivity index (χ1v) is 5.35. The second-order valence-corrected chi connectivity index (χ2v) is 4.08. The molecular formula is C10H6BrN3O2. The molecule has 0 saturated carbocycles. The molecule has 2 N–H and O–H groups in total. The standard InChI is InChI=1S/C10H6BrN3O2/c11-9-8(12-4-13-9)5-1-2-7-6(3-5)14-10(15)16-7/h1-4H,(H,12,13)(H,14,15). The molecular weight excluding hydrogens is 274 g/mol. The van der Waals surface area contributed by atoms with Crippen molar-refractivity contribution in [2.75, 3.05) is 0 Å². The van der Waals surface area contributed by atoms with Crippen molar-refractivity contribution in [2.24, 2.45) is 0 Å². The second kappa shape index (κ2) is 3.34. The molecule has 0 unspecified atom stereocenters. The first kappa shape index (κ1) is 9.41. The van der Waals surface area contributed by atoms with Crippen molar-refractivity contribution < 1.29 is 4.42 Å². The molecule has 0 amide bonds. The summed E-state index contributed by atoms with van der Waals surface area (Å²) >= 11 is 3.36. The molecule has 0 aliphatic carbocycles. The summed E-state index contributed by atoms with van der Waals surface area (Å²) in [7, 11) is 0. The van der Waals surface area contributed by atoms with E-state index in [0.717, 1.165) is 15.9 Å². The molecule has 0 spiro atoms. The minimum Gasteiger partial charge on any atom is -0.408 e. The molecule has 0 atom stereocenters. The van der Waals surface area contributed by atoms with Gasteiger partial charge in [0.1, 0.15) is 10.3 Å². The molecule has 1 aromatic carbocycles. The molecule has 80 valence electrons. The highest BCUT2D eigenvalue weighted by Crippen LogP contribution is 2.26. The van der Waals surface area contributed by atoms with Crippen LogP contribution in [-0.4, -0.2) is 15.0 Å². The maximum atomic E-state index is 11.0. The summed E-state index contributed by atoms with van der Waals surface area (Å²) in [6.07, 6.45) is 1.60. The van der Waals surface area contributed by atoms with E-state index in [1.54, 1.807) is 12.4 Å². The van der Waals surface area contributed by atoms with Crippen molar-refractivity contribution in [1.29, 1.82) is 0 Å². The number of aromatic amines is 2. The fourth-order valence-corrected chi connectivity index (χ4v) is 2.01. The van der Waals surface area contributed by atoms with Crippen LogP contribution in [0.15, 0.2) is 38.3 Å². The SMILES string of the molecule is O=c1[nH]c2cc(-c3nc[nH]c3Br)ccc2o1. The number of H-pyrrole nitrogens is 2. The Morgan fingerprint density at radius 1 is 1.38 bits per heavy atom. The zero-order valence-electron chi connectivity index (χ0n) is 7.95. The predicted molar refractivity (Wildman–Crippen MR) is 62.1 cm³/mol. The number of nitrogens with zero attached hydrogens (tertiary/aromatic N) is 1. The number of hydrogen-bond donors (Lipinski definition) is 2. The lowest BCUT2D eigenvalue weighted by Gasteiger charge is -1.96. The zero-order valence-corrected chi connectivity index (χ0v) is 9.54. The van der Waals surface area contributed by atoms with Gasteiger partial charge in [-0.2, -0.15) is 0 Å². The van der Waals surface area contributed by atoms with Gasteiger partial charge in [-0.05, 0) is 34.1 Å². The van der Waals surface area contributed by atoms with Crippen molar-refractivity contribution in [2.45, 2.75) is 0 Å². The third-order valence-corrected chi connectivity index (χ3v) is 2.89. The van der Waals surface area contributed by atoms with Crippen LogP contribution < -0.4 is 5.76 Å². The van der Waals surface area contributed by atoms with Crippen LogP contribution in [-0.2, 0) is 0 Å². The minimum atomic E-state index is -0.451. The van der Waals surface area contributed by atoms with E-state index < -0.39 is 5.76 Å². The quantitative estimate of drug-likeness (QED) is 0.718. The number of fused-ring (bicyclic) bond motifs is 1. The van der Waals surface area contributed by atoms with E-state index in [2.05, 4.69) is 30.9 Å². The van der Waals surface area contributed by atoms with Crippen LogP contribution in [0.25, 0.3) is 22.4 Å². The lowest BCUT2D eigenvalue weighted by atomic mass is 10.1. The Kier molecular flexibility index (Phi) is 1.97. The van der Waals surface area contributed by atoms with Crippen LogP contribution in [0, 0.1) is 0 Å². The largest absolute Gasteiger partial charge is 0.417 e. The van der Waals surface area contributed by atoms with E-state index in [9.17, 15) is 4.79 Å². The predicted octanol–water partition coefficient (Wildman–Crippen LogP) is 2.27. The third kappa shape index (κ3) is 1.38. The van der Waals surface area contributed by atoms with Crippen molar-refractivity contribution in [3.63, 3.8) is 0 Å². The Labute approximate surface area is 97.6 Å². The smallest absolute Gasteiger partial charge is 0.408 e. The van der Waals surface area contributed by atoms with Crippen LogP contribution in [0.5, 0.6) is 0 Å². The molecule has 0 fully saturated rings. The van der Waals surface area contributed by atoms with E-state index in [4.69, 9.17) is 4.42 Å². The van der Waals surface area contributed by atoms with E-state index >= 15 is 0 Å². The maximum absolute atomic E-state index is 11.0. The topological polar surface area (TPSA) is 74.7 Å². The summed E-state index contributed by atoms with van der Waals surface area (Å²) < 4.78 is 5.72. The van der Waals surface area contributed by atoms with Crippen LogP contribution in [0.1, 0.15) is 0 Å². The molecule has 6 heteroatoms. The van der Waals surface area contributed by atoms with E-state index in [0.29, 0.717) is 11.1 Å². The van der Waals surface area contributed by atoms with E-state index in [1.807, 2.05) is 12.1 Å². The summed E-state index contributed by atoms with van der Waals surface area (Å²) in [5, 5.41) is 0. The van der Waals surface area contributed by atoms with Crippen molar-refractivity contribution in [1.82, 2.24) is 15.0 Å². The highest BCUT2D eigenvalue weighted by molar-refractivity contribution is 9.10. The Balaban J connectivity index is 2.26. The number of hydrogen-bond acceptors (Lipinski definition) is 3. The van der Waals surface area contributed by atoms with Gasteiger partial charge < -0.3 is 9.40 Å². The summed E-state index contributed by atoms with van der Waals surface area (Å²) in [6.45, 7) is 0. The van der Waals surface area contributed by atoms with Crippen molar-refractivity contribution in [3.05, 3.63) is 39.7 Å². The summed E-state index contributed by atoms with van der Waals surface area (Å²) in [5.74, 6) is -0.451. The molecule has 2 aromatic heterocycles. The van der Waals surface area contributed by atoms with E-state index in [1.165, 1.54) is 0 Å². The van der Waals surface area contributed by atoms with Gasteiger partial charge in [-0.3, -0.25) is 4.98 Å². The average Bonchev–Trinajstić information content (AvgIpc) is 2.81. The number of nitrogens with one attached hydrogen (secondary N) is 2. The zero-order chi connectivity index (χ0) is 11.1. The molecule has 0 aliphatic rings.